The second-order valence-corrected chi connectivity index (χ2v) is 4.91. The summed E-state index contributed by atoms with van der Waals surface area (Å²) < 4.78 is 0. The molecule has 13 heavy (non-hydrogen) atoms. The lowest BCUT2D eigenvalue weighted by molar-refractivity contribution is 0.201. The lowest BCUT2D eigenvalue weighted by Crippen LogP contribution is -2.40. The molecule has 1 rings (SSSR count). The summed E-state index contributed by atoms with van der Waals surface area (Å²) in [6.07, 6.45) is 1.59. The molecule has 0 saturated carbocycles. The van der Waals surface area contributed by atoms with E-state index in [-0.39, 0.29) is 6.61 Å². The molecule has 0 unspecified atom stereocenters. The highest BCUT2D eigenvalue weighted by molar-refractivity contribution is 7.10. The van der Waals surface area contributed by atoms with Crippen LogP contribution in [0.25, 0.3) is 0 Å². The van der Waals surface area contributed by atoms with Gasteiger partial charge in [-0.2, -0.15) is 0 Å². The molecule has 0 bridgehead atoms. The smallest absolute Gasteiger partial charge is 0.0608 e. The van der Waals surface area contributed by atoms with Gasteiger partial charge in [-0.15, -0.1) is 11.3 Å². The summed E-state index contributed by atoms with van der Waals surface area (Å²) >= 11 is 7.55. The maximum absolute atomic E-state index is 8.94. The van der Waals surface area contributed by atoms with Gasteiger partial charge in [0.1, 0.15) is 0 Å². The first-order valence-corrected chi connectivity index (χ1v) is 5.42. The van der Waals surface area contributed by atoms with Gasteiger partial charge in [0.15, 0.2) is 0 Å². The summed E-state index contributed by atoms with van der Waals surface area (Å²) in [7, 11) is 0. The summed E-state index contributed by atoms with van der Waals surface area (Å²) in [5.74, 6) is 0. The van der Waals surface area contributed by atoms with Gasteiger partial charge in [0.05, 0.1) is 11.6 Å². The highest BCUT2D eigenvalue weighted by Crippen LogP contribution is 2.24. The van der Waals surface area contributed by atoms with Gasteiger partial charge in [-0.25, -0.2) is 0 Å². The van der Waals surface area contributed by atoms with Crippen LogP contribution in [0.5, 0.6) is 0 Å². The van der Waals surface area contributed by atoms with Gasteiger partial charge < -0.3 is 10.8 Å². The Morgan fingerprint density at radius 1 is 1.69 bits per heavy atom. The fraction of sp³-hybridized carbons (Fsp3) is 0.556. The maximum atomic E-state index is 8.94. The molecule has 0 aliphatic rings. The zero-order valence-electron chi connectivity index (χ0n) is 7.59. The Balaban J connectivity index is 2.48. The predicted molar refractivity (Wildman–Crippen MR) is 57.3 cm³/mol. The van der Waals surface area contributed by atoms with Crippen LogP contribution in [0.4, 0.5) is 0 Å². The molecule has 3 N–H and O–H groups in total. The SMILES string of the molecule is C[C@](N)(CO)CCc1sccc1Cl. The Bertz CT molecular complexity index is 272. The molecular weight excluding hydrogens is 206 g/mol. The molecule has 74 valence electrons. The fourth-order valence-corrected chi connectivity index (χ4v) is 2.12. The van der Waals surface area contributed by atoms with Crippen LogP contribution in [0.2, 0.25) is 5.02 Å². The first-order valence-electron chi connectivity index (χ1n) is 4.17. The monoisotopic (exact) mass is 219 g/mol. The Hall–Kier alpha value is -0.0900. The summed E-state index contributed by atoms with van der Waals surface area (Å²) in [5, 5.41) is 11.7. The van der Waals surface area contributed by atoms with Crippen molar-refractivity contribution >= 4 is 22.9 Å². The number of rotatable bonds is 4. The van der Waals surface area contributed by atoms with Crippen molar-refractivity contribution in [2.45, 2.75) is 25.3 Å². The molecule has 1 heterocycles. The third kappa shape index (κ3) is 3.27. The number of hydrogen-bond acceptors (Lipinski definition) is 3. The van der Waals surface area contributed by atoms with Gasteiger partial charge in [-0.3, -0.25) is 0 Å². The molecule has 0 aliphatic carbocycles. The summed E-state index contributed by atoms with van der Waals surface area (Å²) in [6, 6.07) is 1.88. The van der Waals surface area contributed by atoms with E-state index in [9.17, 15) is 0 Å². The number of aryl methyl sites for hydroxylation is 1. The van der Waals surface area contributed by atoms with Crippen LogP contribution < -0.4 is 5.73 Å². The van der Waals surface area contributed by atoms with Crippen molar-refractivity contribution in [3.05, 3.63) is 21.3 Å². The van der Waals surface area contributed by atoms with Gasteiger partial charge in [0, 0.05) is 10.4 Å². The van der Waals surface area contributed by atoms with E-state index in [2.05, 4.69) is 0 Å². The largest absolute Gasteiger partial charge is 0.394 e. The van der Waals surface area contributed by atoms with Crippen LogP contribution in [0.3, 0.4) is 0 Å². The second-order valence-electron chi connectivity index (χ2n) is 3.50. The normalized spacial score (nSPS) is 15.7. The van der Waals surface area contributed by atoms with E-state index >= 15 is 0 Å². The lowest BCUT2D eigenvalue weighted by atomic mass is 9.98. The van der Waals surface area contributed by atoms with E-state index < -0.39 is 5.54 Å². The van der Waals surface area contributed by atoms with Crippen molar-refractivity contribution in [2.24, 2.45) is 5.73 Å². The topological polar surface area (TPSA) is 46.2 Å². The highest BCUT2D eigenvalue weighted by atomic mass is 35.5. The first kappa shape index (κ1) is 11.0. The molecule has 2 nitrogen and oxygen atoms in total. The number of nitrogens with two attached hydrogens (primary N) is 1. The zero-order valence-corrected chi connectivity index (χ0v) is 9.16. The quantitative estimate of drug-likeness (QED) is 0.814. The molecule has 0 radical (unpaired) electrons. The van der Waals surface area contributed by atoms with Crippen LogP contribution in [-0.2, 0) is 6.42 Å². The molecule has 1 aromatic heterocycles. The number of hydrogen-bond donors (Lipinski definition) is 2. The van der Waals surface area contributed by atoms with Crippen LogP contribution in [0.1, 0.15) is 18.2 Å². The Kier molecular flexibility index (Phi) is 3.74. The van der Waals surface area contributed by atoms with E-state index in [4.69, 9.17) is 22.4 Å². The third-order valence-corrected chi connectivity index (χ3v) is 3.42. The molecule has 0 spiro atoms. The van der Waals surface area contributed by atoms with E-state index in [0.717, 1.165) is 22.7 Å². The van der Waals surface area contributed by atoms with Crippen LogP contribution in [-0.4, -0.2) is 17.3 Å². The van der Waals surface area contributed by atoms with E-state index in [1.165, 1.54) is 0 Å². The van der Waals surface area contributed by atoms with E-state index in [1.807, 2.05) is 18.4 Å². The minimum atomic E-state index is -0.493. The first-order chi connectivity index (χ1) is 6.05. The highest BCUT2D eigenvalue weighted by Gasteiger charge is 2.17. The van der Waals surface area contributed by atoms with Crippen molar-refractivity contribution in [3.8, 4) is 0 Å². The Labute approximate surface area is 87.3 Å². The number of halogens is 1. The third-order valence-electron chi connectivity index (χ3n) is 1.98. The average molecular weight is 220 g/mol. The van der Waals surface area contributed by atoms with Gasteiger partial charge in [-0.1, -0.05) is 11.6 Å². The average Bonchev–Trinajstić information content (AvgIpc) is 2.48. The number of aliphatic hydroxyl groups excluding tert-OH is 1. The van der Waals surface area contributed by atoms with Crippen molar-refractivity contribution in [1.29, 1.82) is 0 Å². The van der Waals surface area contributed by atoms with Crippen LogP contribution in [0, 0.1) is 0 Å². The molecule has 0 fully saturated rings. The summed E-state index contributed by atoms with van der Waals surface area (Å²) in [4.78, 5) is 1.15. The van der Waals surface area contributed by atoms with Gasteiger partial charge in [0.25, 0.3) is 0 Å². The van der Waals surface area contributed by atoms with Crippen molar-refractivity contribution in [1.82, 2.24) is 0 Å². The summed E-state index contributed by atoms with van der Waals surface area (Å²) in [5.41, 5.74) is 5.30. The van der Waals surface area contributed by atoms with E-state index in [0.29, 0.717) is 0 Å². The molecule has 0 amide bonds. The minimum absolute atomic E-state index is 0.00991. The number of thiophene rings is 1. The molecule has 4 heteroatoms. The molecule has 1 atom stereocenters. The minimum Gasteiger partial charge on any atom is -0.394 e. The van der Waals surface area contributed by atoms with E-state index in [1.54, 1.807) is 11.3 Å². The standard InChI is InChI=1S/C9H14ClNOS/c1-9(11,6-12)4-2-8-7(10)3-5-13-8/h3,5,12H,2,4,6,11H2,1H3/t9-/m1/s1. The van der Waals surface area contributed by atoms with Crippen molar-refractivity contribution in [2.75, 3.05) is 6.61 Å². The van der Waals surface area contributed by atoms with Crippen molar-refractivity contribution < 1.29 is 5.11 Å². The van der Waals surface area contributed by atoms with Gasteiger partial charge in [0.2, 0.25) is 0 Å². The fourth-order valence-electron chi connectivity index (χ4n) is 0.982. The van der Waals surface area contributed by atoms with Gasteiger partial charge in [-0.05, 0) is 31.2 Å². The second kappa shape index (κ2) is 4.42. The van der Waals surface area contributed by atoms with Crippen LogP contribution >= 0.6 is 22.9 Å². The molecule has 0 saturated heterocycles. The van der Waals surface area contributed by atoms with Gasteiger partial charge >= 0.3 is 0 Å². The zero-order chi connectivity index (χ0) is 9.90. The lowest BCUT2D eigenvalue weighted by Gasteiger charge is -2.20. The number of aliphatic hydroxyl groups is 1. The molecule has 0 aromatic carbocycles. The Morgan fingerprint density at radius 3 is 2.85 bits per heavy atom. The van der Waals surface area contributed by atoms with Crippen molar-refractivity contribution in [3.63, 3.8) is 0 Å². The Morgan fingerprint density at radius 2 is 2.38 bits per heavy atom. The van der Waals surface area contributed by atoms with Crippen LogP contribution in [0.15, 0.2) is 11.4 Å². The molecular formula is C9H14ClNOS. The molecule has 1 aromatic rings. The molecule has 0 aliphatic heterocycles. The predicted octanol–water partition coefficient (Wildman–Crippen LogP) is 2.04. The summed E-state index contributed by atoms with van der Waals surface area (Å²) in [6.45, 7) is 1.85. The maximum Gasteiger partial charge on any atom is 0.0608 e.